The zero-order valence-corrected chi connectivity index (χ0v) is 12.6. The third-order valence-electron chi connectivity index (χ3n) is 3.93. The van der Waals surface area contributed by atoms with Crippen LogP contribution in [0.4, 0.5) is 0 Å². The summed E-state index contributed by atoms with van der Waals surface area (Å²) in [5, 5.41) is 3.72. The van der Waals surface area contributed by atoms with Gasteiger partial charge in [0.2, 0.25) is 0 Å². The Morgan fingerprint density at radius 2 is 2.06 bits per heavy atom. The second-order valence-electron chi connectivity index (χ2n) is 6.86. The molecule has 1 heterocycles. The van der Waals surface area contributed by atoms with E-state index in [1.54, 1.807) is 0 Å². The molecule has 2 heteroatoms. The highest BCUT2D eigenvalue weighted by Gasteiger charge is 2.25. The molecule has 2 unspecified atom stereocenters. The van der Waals surface area contributed by atoms with Gasteiger partial charge in [0, 0.05) is 12.6 Å². The van der Waals surface area contributed by atoms with Crippen molar-refractivity contribution in [2.45, 2.75) is 59.9 Å². The van der Waals surface area contributed by atoms with Crippen molar-refractivity contribution >= 4 is 0 Å². The van der Waals surface area contributed by atoms with Crippen LogP contribution in [0.25, 0.3) is 0 Å². The van der Waals surface area contributed by atoms with Crippen LogP contribution >= 0.6 is 0 Å². The molecule has 2 nitrogen and oxygen atoms in total. The smallest absolute Gasteiger partial charge is 0.0128 e. The maximum Gasteiger partial charge on any atom is 0.0128 e. The minimum absolute atomic E-state index is 0.376. The number of rotatable bonds is 6. The molecular formula is C15H32N2. The Kier molecular flexibility index (Phi) is 5.94. The summed E-state index contributed by atoms with van der Waals surface area (Å²) in [6.07, 6.45) is 3.91. The third-order valence-corrected chi connectivity index (χ3v) is 3.93. The van der Waals surface area contributed by atoms with Crippen molar-refractivity contribution in [3.8, 4) is 0 Å². The van der Waals surface area contributed by atoms with Gasteiger partial charge in [-0.05, 0) is 50.2 Å². The van der Waals surface area contributed by atoms with Crippen molar-refractivity contribution in [1.29, 1.82) is 0 Å². The molecule has 0 aromatic heterocycles. The van der Waals surface area contributed by atoms with Gasteiger partial charge in [-0.2, -0.15) is 0 Å². The normalized spacial score (nSPS) is 24.2. The predicted molar refractivity (Wildman–Crippen MR) is 76.4 cm³/mol. The summed E-state index contributed by atoms with van der Waals surface area (Å²) in [6.45, 7) is 16.7. The van der Waals surface area contributed by atoms with Crippen molar-refractivity contribution in [3.63, 3.8) is 0 Å². The summed E-state index contributed by atoms with van der Waals surface area (Å²) >= 11 is 0. The Morgan fingerprint density at radius 1 is 1.35 bits per heavy atom. The maximum absolute atomic E-state index is 3.72. The summed E-state index contributed by atoms with van der Waals surface area (Å²) in [5.74, 6) is 0.909. The van der Waals surface area contributed by atoms with Crippen LogP contribution in [0.3, 0.4) is 0 Å². The van der Waals surface area contributed by atoms with Crippen molar-refractivity contribution in [2.24, 2.45) is 11.3 Å². The van der Waals surface area contributed by atoms with Gasteiger partial charge in [0.1, 0.15) is 0 Å². The van der Waals surface area contributed by atoms with Crippen LogP contribution in [0.15, 0.2) is 0 Å². The molecule has 1 rings (SSSR count). The third kappa shape index (κ3) is 5.39. The van der Waals surface area contributed by atoms with E-state index < -0.39 is 0 Å². The van der Waals surface area contributed by atoms with Crippen LogP contribution in [0.5, 0.6) is 0 Å². The maximum atomic E-state index is 3.72. The highest BCUT2D eigenvalue weighted by atomic mass is 15.1. The first kappa shape index (κ1) is 15.0. The van der Waals surface area contributed by atoms with Gasteiger partial charge in [-0.1, -0.05) is 34.6 Å². The van der Waals surface area contributed by atoms with E-state index in [9.17, 15) is 0 Å². The first-order valence-corrected chi connectivity index (χ1v) is 7.39. The van der Waals surface area contributed by atoms with Crippen molar-refractivity contribution in [3.05, 3.63) is 0 Å². The molecule has 1 fully saturated rings. The molecule has 0 aliphatic carbocycles. The molecule has 0 amide bonds. The van der Waals surface area contributed by atoms with E-state index >= 15 is 0 Å². The van der Waals surface area contributed by atoms with E-state index in [-0.39, 0.29) is 0 Å². The number of likely N-dealkylation sites (tertiary alicyclic amines) is 1. The molecule has 0 aromatic rings. The molecule has 0 spiro atoms. The summed E-state index contributed by atoms with van der Waals surface area (Å²) < 4.78 is 0. The standard InChI is InChI=1S/C15H32N2/c1-6-9-16-14(15(3,4)5)8-11-17-10-7-13(2)12-17/h13-14,16H,6-12H2,1-5H3. The van der Waals surface area contributed by atoms with E-state index in [0.717, 1.165) is 12.5 Å². The van der Waals surface area contributed by atoms with Crippen LogP contribution in [-0.2, 0) is 0 Å². The van der Waals surface area contributed by atoms with E-state index in [2.05, 4.69) is 44.8 Å². The van der Waals surface area contributed by atoms with E-state index in [4.69, 9.17) is 0 Å². The molecule has 0 radical (unpaired) electrons. The fourth-order valence-electron chi connectivity index (χ4n) is 2.70. The molecule has 1 aliphatic heterocycles. The van der Waals surface area contributed by atoms with Gasteiger partial charge in [-0.25, -0.2) is 0 Å². The molecule has 0 bridgehead atoms. The predicted octanol–water partition coefficient (Wildman–Crippen LogP) is 3.13. The second kappa shape index (κ2) is 6.75. The van der Waals surface area contributed by atoms with Crippen LogP contribution in [0.2, 0.25) is 0 Å². The molecule has 0 aromatic carbocycles. The van der Waals surface area contributed by atoms with Gasteiger partial charge >= 0.3 is 0 Å². The summed E-state index contributed by atoms with van der Waals surface area (Å²) in [7, 11) is 0. The molecule has 17 heavy (non-hydrogen) atoms. The Hall–Kier alpha value is -0.0800. The Labute approximate surface area is 108 Å². The minimum Gasteiger partial charge on any atom is -0.313 e. The molecule has 1 N–H and O–H groups in total. The first-order chi connectivity index (χ1) is 7.93. The van der Waals surface area contributed by atoms with Crippen molar-refractivity contribution in [1.82, 2.24) is 10.2 Å². The lowest BCUT2D eigenvalue weighted by molar-refractivity contribution is 0.219. The fraction of sp³-hybridized carbons (Fsp3) is 1.00. The van der Waals surface area contributed by atoms with Gasteiger partial charge in [-0.15, -0.1) is 0 Å². The molecular weight excluding hydrogens is 208 g/mol. The molecule has 0 saturated carbocycles. The number of hydrogen-bond acceptors (Lipinski definition) is 2. The molecule has 1 saturated heterocycles. The van der Waals surface area contributed by atoms with E-state index in [0.29, 0.717) is 11.5 Å². The Bertz CT molecular complexity index is 207. The summed E-state index contributed by atoms with van der Waals surface area (Å²) in [4.78, 5) is 2.64. The first-order valence-electron chi connectivity index (χ1n) is 7.39. The lowest BCUT2D eigenvalue weighted by atomic mass is 9.84. The second-order valence-corrected chi connectivity index (χ2v) is 6.86. The zero-order chi connectivity index (χ0) is 12.9. The van der Waals surface area contributed by atoms with E-state index in [1.165, 1.54) is 38.9 Å². The van der Waals surface area contributed by atoms with Gasteiger partial charge in [0.05, 0.1) is 0 Å². The Balaban J connectivity index is 2.33. The Morgan fingerprint density at radius 3 is 2.53 bits per heavy atom. The minimum atomic E-state index is 0.376. The van der Waals surface area contributed by atoms with Crippen LogP contribution in [0.1, 0.15) is 53.9 Å². The summed E-state index contributed by atoms with van der Waals surface area (Å²) in [5.41, 5.74) is 0.376. The topological polar surface area (TPSA) is 15.3 Å². The molecule has 102 valence electrons. The van der Waals surface area contributed by atoms with Crippen LogP contribution < -0.4 is 5.32 Å². The van der Waals surface area contributed by atoms with E-state index in [1.807, 2.05) is 0 Å². The number of hydrogen-bond donors (Lipinski definition) is 1. The van der Waals surface area contributed by atoms with Crippen molar-refractivity contribution < 1.29 is 0 Å². The quantitative estimate of drug-likeness (QED) is 0.767. The lowest BCUT2D eigenvalue weighted by Crippen LogP contribution is -2.43. The fourth-order valence-corrected chi connectivity index (χ4v) is 2.70. The summed E-state index contributed by atoms with van der Waals surface area (Å²) in [6, 6.07) is 0.651. The molecule has 1 aliphatic rings. The van der Waals surface area contributed by atoms with Crippen LogP contribution in [-0.4, -0.2) is 37.1 Å². The van der Waals surface area contributed by atoms with Gasteiger partial charge in [-0.3, -0.25) is 0 Å². The lowest BCUT2D eigenvalue weighted by Gasteiger charge is -2.33. The number of nitrogens with zero attached hydrogens (tertiary/aromatic N) is 1. The highest BCUT2D eigenvalue weighted by molar-refractivity contribution is 4.82. The van der Waals surface area contributed by atoms with Gasteiger partial charge in [0.15, 0.2) is 0 Å². The average Bonchev–Trinajstić information content (AvgIpc) is 2.62. The number of nitrogens with one attached hydrogen (secondary N) is 1. The average molecular weight is 240 g/mol. The molecule has 2 atom stereocenters. The van der Waals surface area contributed by atoms with Gasteiger partial charge in [0.25, 0.3) is 0 Å². The largest absolute Gasteiger partial charge is 0.313 e. The van der Waals surface area contributed by atoms with Gasteiger partial charge < -0.3 is 10.2 Å². The SMILES string of the molecule is CCCNC(CCN1CCC(C)C1)C(C)(C)C. The zero-order valence-electron chi connectivity index (χ0n) is 12.6. The van der Waals surface area contributed by atoms with Crippen LogP contribution in [0, 0.1) is 11.3 Å². The van der Waals surface area contributed by atoms with Crippen molar-refractivity contribution in [2.75, 3.05) is 26.2 Å². The monoisotopic (exact) mass is 240 g/mol. The highest BCUT2D eigenvalue weighted by Crippen LogP contribution is 2.23.